The van der Waals surface area contributed by atoms with E-state index in [4.69, 9.17) is 10.5 Å². The number of aryl methyl sites for hydroxylation is 1. The summed E-state index contributed by atoms with van der Waals surface area (Å²) in [6, 6.07) is 15.9. The number of aliphatic imine (C=N–C) groups is 1. The first-order chi connectivity index (χ1) is 11.8. The normalized spacial score (nSPS) is 11.2. The summed E-state index contributed by atoms with van der Waals surface area (Å²) in [5, 5.41) is 4.37. The third-order valence-electron chi connectivity index (χ3n) is 3.92. The van der Waals surface area contributed by atoms with Crippen LogP contribution in [0.5, 0.6) is 5.75 Å². The number of rotatable bonds is 6. The van der Waals surface area contributed by atoms with E-state index in [0.717, 1.165) is 24.3 Å². The molecular formula is C19H23IN4O. The zero-order chi connectivity index (χ0) is 16.8. The van der Waals surface area contributed by atoms with Crippen molar-refractivity contribution in [3.8, 4) is 5.75 Å². The van der Waals surface area contributed by atoms with Crippen LogP contribution in [-0.4, -0.2) is 24.6 Å². The Labute approximate surface area is 164 Å². The Morgan fingerprint density at radius 3 is 2.68 bits per heavy atom. The summed E-state index contributed by atoms with van der Waals surface area (Å²) >= 11 is 0. The van der Waals surface area contributed by atoms with Gasteiger partial charge in [0.1, 0.15) is 5.75 Å². The number of aromatic nitrogens is 1. The zero-order valence-corrected chi connectivity index (χ0v) is 16.5. The molecule has 5 nitrogen and oxygen atoms in total. The van der Waals surface area contributed by atoms with Crippen molar-refractivity contribution < 1.29 is 4.74 Å². The molecule has 0 fully saturated rings. The molecule has 0 bridgehead atoms. The second-order valence-corrected chi connectivity index (χ2v) is 5.58. The molecule has 3 rings (SSSR count). The highest BCUT2D eigenvalue weighted by atomic mass is 127. The number of aromatic amines is 1. The number of nitrogens with zero attached hydrogens (tertiary/aromatic N) is 1. The predicted molar refractivity (Wildman–Crippen MR) is 115 cm³/mol. The van der Waals surface area contributed by atoms with E-state index in [9.17, 15) is 0 Å². The summed E-state index contributed by atoms with van der Waals surface area (Å²) in [4.78, 5) is 7.68. The van der Waals surface area contributed by atoms with Gasteiger partial charge in [-0.1, -0.05) is 18.2 Å². The fourth-order valence-corrected chi connectivity index (χ4v) is 2.67. The maximum absolute atomic E-state index is 5.93. The molecule has 0 saturated heterocycles. The smallest absolute Gasteiger partial charge is 0.193 e. The Bertz CT molecular complexity index is 827. The molecule has 3 aromatic rings. The monoisotopic (exact) mass is 450 g/mol. The Kier molecular flexibility index (Phi) is 7.12. The molecular weight excluding hydrogens is 427 g/mol. The van der Waals surface area contributed by atoms with Crippen LogP contribution in [0.1, 0.15) is 12.0 Å². The minimum Gasteiger partial charge on any atom is -0.497 e. The number of hydrogen-bond acceptors (Lipinski definition) is 2. The van der Waals surface area contributed by atoms with Gasteiger partial charge in [-0.3, -0.25) is 4.99 Å². The van der Waals surface area contributed by atoms with Crippen LogP contribution < -0.4 is 15.8 Å². The van der Waals surface area contributed by atoms with E-state index in [0.29, 0.717) is 12.5 Å². The maximum atomic E-state index is 5.93. The number of nitrogens with one attached hydrogen (secondary N) is 2. The lowest BCUT2D eigenvalue weighted by Gasteiger charge is -2.06. The van der Waals surface area contributed by atoms with Crippen LogP contribution in [0.25, 0.3) is 10.9 Å². The van der Waals surface area contributed by atoms with E-state index in [1.807, 2.05) is 30.3 Å². The predicted octanol–water partition coefficient (Wildman–Crippen LogP) is 4.15. The Hall–Kier alpha value is -2.22. The highest BCUT2D eigenvalue weighted by Crippen LogP contribution is 2.19. The third-order valence-corrected chi connectivity index (χ3v) is 3.92. The minimum absolute atomic E-state index is 0. The van der Waals surface area contributed by atoms with Gasteiger partial charge in [0.25, 0.3) is 0 Å². The minimum atomic E-state index is 0. The summed E-state index contributed by atoms with van der Waals surface area (Å²) < 4.78 is 5.13. The van der Waals surface area contributed by atoms with Gasteiger partial charge in [-0.15, -0.1) is 24.0 Å². The van der Waals surface area contributed by atoms with Gasteiger partial charge < -0.3 is 20.8 Å². The van der Waals surface area contributed by atoms with Crippen molar-refractivity contribution in [1.29, 1.82) is 0 Å². The summed E-state index contributed by atoms with van der Waals surface area (Å²) in [7, 11) is 1.64. The van der Waals surface area contributed by atoms with E-state index in [1.165, 1.54) is 16.5 Å². The molecule has 0 aliphatic carbocycles. The molecule has 0 amide bonds. The molecule has 0 radical (unpaired) electrons. The second-order valence-electron chi connectivity index (χ2n) is 5.58. The quantitative estimate of drug-likeness (QED) is 0.229. The average molecular weight is 450 g/mol. The van der Waals surface area contributed by atoms with Gasteiger partial charge in [0.05, 0.1) is 7.11 Å². The highest BCUT2D eigenvalue weighted by Gasteiger charge is 2.02. The lowest BCUT2D eigenvalue weighted by molar-refractivity contribution is 0.415. The van der Waals surface area contributed by atoms with Crippen molar-refractivity contribution in [2.24, 2.45) is 10.7 Å². The van der Waals surface area contributed by atoms with Gasteiger partial charge in [0.15, 0.2) is 5.96 Å². The van der Waals surface area contributed by atoms with Gasteiger partial charge in [0, 0.05) is 29.3 Å². The number of guanidine groups is 1. The van der Waals surface area contributed by atoms with E-state index in [-0.39, 0.29) is 24.0 Å². The topological polar surface area (TPSA) is 75.4 Å². The van der Waals surface area contributed by atoms with Gasteiger partial charge in [-0.2, -0.15) is 0 Å². The van der Waals surface area contributed by atoms with Crippen LogP contribution in [0.15, 0.2) is 59.7 Å². The largest absolute Gasteiger partial charge is 0.497 e. The standard InChI is InChI=1S/C19H22N4O.HI/c1-24-16-10-8-15(9-11-16)23-19(20)21-12-4-5-14-13-22-18-7-3-2-6-17(14)18;/h2-3,6-11,13,22H,4-5,12H2,1H3,(H3,20,21,23);1H. The van der Waals surface area contributed by atoms with Crippen LogP contribution in [0.2, 0.25) is 0 Å². The van der Waals surface area contributed by atoms with Crippen LogP contribution in [0, 0.1) is 0 Å². The van der Waals surface area contributed by atoms with Crippen molar-refractivity contribution >= 4 is 46.5 Å². The third kappa shape index (κ3) is 5.12. The molecule has 1 aromatic heterocycles. The molecule has 0 atom stereocenters. The summed E-state index contributed by atoms with van der Waals surface area (Å²) in [6.07, 6.45) is 4.00. The molecule has 6 heteroatoms. The zero-order valence-electron chi connectivity index (χ0n) is 14.2. The number of methoxy groups -OCH3 is 1. The maximum Gasteiger partial charge on any atom is 0.193 e. The fourth-order valence-electron chi connectivity index (χ4n) is 2.67. The van der Waals surface area contributed by atoms with Gasteiger partial charge in [-0.25, -0.2) is 0 Å². The number of para-hydroxylation sites is 1. The van der Waals surface area contributed by atoms with Crippen LogP contribution in [0.4, 0.5) is 5.69 Å². The molecule has 1 heterocycles. The SMILES string of the molecule is COc1ccc(NC(N)=NCCCc2c[nH]c3ccccc23)cc1.I. The number of hydrogen-bond donors (Lipinski definition) is 3. The first-order valence-electron chi connectivity index (χ1n) is 8.02. The molecule has 4 N–H and O–H groups in total. The number of halogens is 1. The highest BCUT2D eigenvalue weighted by molar-refractivity contribution is 14.0. The Morgan fingerprint density at radius 1 is 1.16 bits per heavy atom. The van der Waals surface area contributed by atoms with Crippen molar-refractivity contribution in [2.45, 2.75) is 12.8 Å². The number of ether oxygens (including phenoxy) is 1. The van der Waals surface area contributed by atoms with Crippen LogP contribution >= 0.6 is 24.0 Å². The number of nitrogens with two attached hydrogens (primary N) is 1. The second kappa shape index (κ2) is 9.31. The lowest BCUT2D eigenvalue weighted by atomic mass is 10.1. The summed E-state index contributed by atoms with van der Waals surface area (Å²) in [6.45, 7) is 0.689. The van der Waals surface area contributed by atoms with Crippen molar-refractivity contribution in [2.75, 3.05) is 19.0 Å². The Morgan fingerprint density at radius 2 is 1.92 bits per heavy atom. The molecule has 132 valence electrons. The molecule has 0 unspecified atom stereocenters. The lowest BCUT2D eigenvalue weighted by Crippen LogP contribution is -2.22. The van der Waals surface area contributed by atoms with E-state index < -0.39 is 0 Å². The molecule has 0 aliphatic rings. The van der Waals surface area contributed by atoms with Gasteiger partial charge >= 0.3 is 0 Å². The van der Waals surface area contributed by atoms with Gasteiger partial charge in [0.2, 0.25) is 0 Å². The number of H-pyrrole nitrogens is 1. The first kappa shape index (κ1) is 19.1. The van der Waals surface area contributed by atoms with Gasteiger partial charge in [-0.05, 0) is 48.7 Å². The summed E-state index contributed by atoms with van der Waals surface area (Å²) in [5.41, 5.74) is 9.32. The number of benzene rings is 2. The molecule has 0 aliphatic heterocycles. The van der Waals surface area contributed by atoms with Crippen molar-refractivity contribution in [1.82, 2.24) is 4.98 Å². The van der Waals surface area contributed by atoms with Crippen molar-refractivity contribution in [3.05, 3.63) is 60.3 Å². The fraction of sp³-hybridized carbons (Fsp3) is 0.211. The van der Waals surface area contributed by atoms with E-state index in [2.05, 4.69) is 39.7 Å². The average Bonchev–Trinajstić information content (AvgIpc) is 3.03. The summed E-state index contributed by atoms with van der Waals surface area (Å²) in [5.74, 6) is 1.24. The molecule has 0 saturated carbocycles. The number of anilines is 1. The number of fused-ring (bicyclic) bond motifs is 1. The van der Waals surface area contributed by atoms with Crippen LogP contribution in [0.3, 0.4) is 0 Å². The van der Waals surface area contributed by atoms with E-state index in [1.54, 1.807) is 7.11 Å². The molecule has 0 spiro atoms. The molecule has 25 heavy (non-hydrogen) atoms. The first-order valence-corrected chi connectivity index (χ1v) is 8.02. The van der Waals surface area contributed by atoms with Crippen LogP contribution in [-0.2, 0) is 6.42 Å². The van der Waals surface area contributed by atoms with Crippen molar-refractivity contribution in [3.63, 3.8) is 0 Å². The van der Waals surface area contributed by atoms with E-state index >= 15 is 0 Å². The Balaban J connectivity index is 0.00000225. The molecule has 2 aromatic carbocycles.